The number of amides is 1. The standard InChI is InChI=1S/C23H31N5O2/c1-24-22(29)15-18-9-12-28(13-10-18)23(25-2)27-16-19-6-5-8-21(14-19)30-17-20-7-3-4-11-26-20/h3-8,11,14,18H,9-10,12-13,15-17H2,1-2H3,(H,24,29)(H,25,27). The molecule has 2 aromatic rings. The van der Waals surface area contributed by atoms with Crippen molar-refractivity contribution in [3.8, 4) is 5.75 Å². The molecule has 1 saturated heterocycles. The van der Waals surface area contributed by atoms with Crippen LogP contribution in [0.1, 0.15) is 30.5 Å². The maximum Gasteiger partial charge on any atom is 0.220 e. The van der Waals surface area contributed by atoms with E-state index >= 15 is 0 Å². The number of likely N-dealkylation sites (tertiary alicyclic amines) is 1. The summed E-state index contributed by atoms with van der Waals surface area (Å²) in [4.78, 5) is 22.6. The Hall–Kier alpha value is -3.09. The summed E-state index contributed by atoms with van der Waals surface area (Å²) >= 11 is 0. The first kappa shape index (κ1) is 21.6. The molecule has 7 heteroatoms. The average Bonchev–Trinajstić information content (AvgIpc) is 2.80. The maximum atomic E-state index is 11.6. The van der Waals surface area contributed by atoms with E-state index in [1.807, 2.05) is 43.4 Å². The van der Waals surface area contributed by atoms with Gasteiger partial charge in [0.2, 0.25) is 5.91 Å². The molecule has 1 aliphatic rings. The number of pyridine rings is 1. The summed E-state index contributed by atoms with van der Waals surface area (Å²) in [6, 6.07) is 13.9. The van der Waals surface area contributed by atoms with Gasteiger partial charge in [-0.05, 0) is 48.6 Å². The highest BCUT2D eigenvalue weighted by Crippen LogP contribution is 2.20. The molecule has 7 nitrogen and oxygen atoms in total. The first-order valence-corrected chi connectivity index (χ1v) is 10.5. The molecule has 1 aromatic heterocycles. The van der Waals surface area contributed by atoms with Crippen LogP contribution in [-0.4, -0.2) is 48.9 Å². The number of aromatic nitrogens is 1. The van der Waals surface area contributed by atoms with Crippen molar-refractivity contribution in [3.63, 3.8) is 0 Å². The summed E-state index contributed by atoms with van der Waals surface area (Å²) in [6.07, 6.45) is 4.39. The van der Waals surface area contributed by atoms with Gasteiger partial charge < -0.3 is 20.3 Å². The Morgan fingerprint density at radius 3 is 2.77 bits per heavy atom. The molecule has 2 N–H and O–H groups in total. The van der Waals surface area contributed by atoms with E-state index in [0.717, 1.165) is 48.9 Å². The summed E-state index contributed by atoms with van der Waals surface area (Å²) in [6.45, 7) is 2.94. The quantitative estimate of drug-likeness (QED) is 0.543. The van der Waals surface area contributed by atoms with Crippen LogP contribution in [0.5, 0.6) is 5.75 Å². The highest BCUT2D eigenvalue weighted by molar-refractivity contribution is 5.80. The molecule has 0 spiro atoms. The zero-order valence-corrected chi connectivity index (χ0v) is 17.8. The minimum Gasteiger partial charge on any atom is -0.487 e. The lowest BCUT2D eigenvalue weighted by Crippen LogP contribution is -2.45. The Morgan fingerprint density at radius 1 is 1.23 bits per heavy atom. The molecular formula is C23H31N5O2. The Kier molecular flexibility index (Phi) is 8.06. The van der Waals surface area contributed by atoms with E-state index in [2.05, 4.69) is 31.6 Å². The topological polar surface area (TPSA) is 78.9 Å². The van der Waals surface area contributed by atoms with Gasteiger partial charge in [0.05, 0.1) is 5.69 Å². The molecule has 0 unspecified atom stereocenters. The molecular weight excluding hydrogens is 378 g/mol. The fourth-order valence-electron chi connectivity index (χ4n) is 3.61. The minimum atomic E-state index is 0.126. The summed E-state index contributed by atoms with van der Waals surface area (Å²) in [5.41, 5.74) is 2.03. The van der Waals surface area contributed by atoms with Crippen LogP contribution in [0.4, 0.5) is 0 Å². The van der Waals surface area contributed by atoms with Crippen molar-refractivity contribution in [2.24, 2.45) is 10.9 Å². The highest BCUT2D eigenvalue weighted by atomic mass is 16.5. The van der Waals surface area contributed by atoms with E-state index in [1.165, 1.54) is 0 Å². The van der Waals surface area contributed by atoms with Crippen molar-refractivity contribution in [2.75, 3.05) is 27.2 Å². The number of guanidine groups is 1. The van der Waals surface area contributed by atoms with Crippen molar-refractivity contribution >= 4 is 11.9 Å². The predicted molar refractivity (Wildman–Crippen MR) is 118 cm³/mol. The van der Waals surface area contributed by atoms with Gasteiger partial charge in [-0.25, -0.2) is 0 Å². The van der Waals surface area contributed by atoms with Crippen LogP contribution in [0, 0.1) is 5.92 Å². The number of carbonyl (C=O) groups excluding carboxylic acids is 1. The zero-order valence-electron chi connectivity index (χ0n) is 17.8. The number of ether oxygens (including phenoxy) is 1. The first-order chi connectivity index (χ1) is 14.7. The Bertz CT molecular complexity index is 832. The lowest BCUT2D eigenvalue weighted by molar-refractivity contribution is -0.121. The summed E-state index contributed by atoms with van der Waals surface area (Å²) in [7, 11) is 3.51. The molecule has 1 amide bonds. The third-order valence-electron chi connectivity index (χ3n) is 5.34. The van der Waals surface area contributed by atoms with Gasteiger partial charge in [-0.3, -0.25) is 14.8 Å². The molecule has 30 heavy (non-hydrogen) atoms. The predicted octanol–water partition coefficient (Wildman–Crippen LogP) is 2.58. The minimum absolute atomic E-state index is 0.126. The number of aliphatic imine (C=N–C) groups is 1. The van der Waals surface area contributed by atoms with Gasteiger partial charge >= 0.3 is 0 Å². The molecule has 160 valence electrons. The van der Waals surface area contributed by atoms with Gasteiger partial charge in [-0.15, -0.1) is 0 Å². The van der Waals surface area contributed by atoms with Crippen LogP contribution in [-0.2, 0) is 17.9 Å². The van der Waals surface area contributed by atoms with Gasteiger partial charge in [0, 0.05) is 46.3 Å². The second-order valence-corrected chi connectivity index (χ2v) is 7.47. The Balaban J connectivity index is 1.47. The van der Waals surface area contributed by atoms with Crippen molar-refractivity contribution in [1.29, 1.82) is 0 Å². The number of nitrogens with one attached hydrogen (secondary N) is 2. The van der Waals surface area contributed by atoms with Crippen LogP contribution in [0.25, 0.3) is 0 Å². The lowest BCUT2D eigenvalue weighted by Gasteiger charge is -2.34. The van der Waals surface area contributed by atoms with E-state index in [-0.39, 0.29) is 5.91 Å². The van der Waals surface area contributed by atoms with Crippen molar-refractivity contribution in [3.05, 3.63) is 59.9 Å². The molecule has 3 rings (SSSR count). The van der Waals surface area contributed by atoms with Gasteiger partial charge in [-0.2, -0.15) is 0 Å². The monoisotopic (exact) mass is 409 g/mol. The molecule has 1 aliphatic heterocycles. The maximum absolute atomic E-state index is 11.6. The number of nitrogens with zero attached hydrogens (tertiary/aromatic N) is 3. The number of hydrogen-bond donors (Lipinski definition) is 2. The van der Waals surface area contributed by atoms with Gasteiger partial charge in [0.15, 0.2) is 5.96 Å². The normalized spacial score (nSPS) is 15.0. The van der Waals surface area contributed by atoms with E-state index in [0.29, 0.717) is 25.5 Å². The molecule has 2 heterocycles. The van der Waals surface area contributed by atoms with E-state index in [1.54, 1.807) is 13.2 Å². The zero-order chi connectivity index (χ0) is 21.2. The summed E-state index contributed by atoms with van der Waals surface area (Å²) in [5, 5.41) is 6.17. The molecule has 0 atom stereocenters. The second kappa shape index (κ2) is 11.2. The van der Waals surface area contributed by atoms with Crippen LogP contribution in [0.2, 0.25) is 0 Å². The number of benzene rings is 1. The van der Waals surface area contributed by atoms with Gasteiger partial charge in [0.1, 0.15) is 12.4 Å². The van der Waals surface area contributed by atoms with Gasteiger partial charge in [0.25, 0.3) is 0 Å². The van der Waals surface area contributed by atoms with Crippen LogP contribution >= 0.6 is 0 Å². The fourth-order valence-corrected chi connectivity index (χ4v) is 3.61. The second-order valence-electron chi connectivity index (χ2n) is 7.47. The summed E-state index contributed by atoms with van der Waals surface area (Å²) in [5.74, 6) is 2.30. The number of hydrogen-bond acceptors (Lipinski definition) is 4. The van der Waals surface area contributed by atoms with Crippen LogP contribution in [0.3, 0.4) is 0 Å². The first-order valence-electron chi connectivity index (χ1n) is 10.5. The van der Waals surface area contributed by atoms with E-state index in [9.17, 15) is 4.79 Å². The van der Waals surface area contributed by atoms with Crippen molar-refractivity contribution in [1.82, 2.24) is 20.5 Å². The third kappa shape index (κ3) is 6.47. The number of piperidine rings is 1. The molecule has 0 saturated carbocycles. The number of rotatable bonds is 7. The lowest BCUT2D eigenvalue weighted by atomic mass is 9.93. The van der Waals surface area contributed by atoms with Gasteiger partial charge in [-0.1, -0.05) is 18.2 Å². The van der Waals surface area contributed by atoms with Crippen LogP contribution < -0.4 is 15.4 Å². The SMILES string of the molecule is CN=C(NCc1cccc(OCc2ccccn2)c1)N1CCC(CC(=O)NC)CC1. The highest BCUT2D eigenvalue weighted by Gasteiger charge is 2.23. The largest absolute Gasteiger partial charge is 0.487 e. The molecule has 1 aromatic carbocycles. The summed E-state index contributed by atoms with van der Waals surface area (Å²) < 4.78 is 5.87. The smallest absolute Gasteiger partial charge is 0.220 e. The van der Waals surface area contributed by atoms with Crippen molar-refractivity contribution in [2.45, 2.75) is 32.4 Å². The Labute approximate surface area is 178 Å². The number of carbonyl (C=O) groups is 1. The Morgan fingerprint density at radius 2 is 2.07 bits per heavy atom. The molecule has 0 aliphatic carbocycles. The fraction of sp³-hybridized carbons (Fsp3) is 0.435. The van der Waals surface area contributed by atoms with E-state index < -0.39 is 0 Å². The third-order valence-corrected chi connectivity index (χ3v) is 5.34. The molecule has 0 bridgehead atoms. The molecule has 0 radical (unpaired) electrons. The van der Waals surface area contributed by atoms with E-state index in [4.69, 9.17) is 4.74 Å². The van der Waals surface area contributed by atoms with Crippen LogP contribution in [0.15, 0.2) is 53.7 Å². The van der Waals surface area contributed by atoms with Crippen molar-refractivity contribution < 1.29 is 9.53 Å². The average molecular weight is 410 g/mol. The molecule has 1 fully saturated rings.